The zero-order chi connectivity index (χ0) is 28.8. The number of hydrogen-bond acceptors (Lipinski definition) is 8. The number of amides is 1. The Morgan fingerprint density at radius 2 is 1.74 bits per heavy atom. The Balaban J connectivity index is 1.59. The average molecular weight is 533 g/mol. The van der Waals surface area contributed by atoms with Gasteiger partial charge in [-0.3, -0.25) is 19.2 Å². The Labute approximate surface area is 226 Å². The van der Waals surface area contributed by atoms with E-state index in [4.69, 9.17) is 4.74 Å². The molecule has 0 fully saturated rings. The first kappa shape index (κ1) is 27.6. The number of carbonyl (C=O) groups excluding carboxylic acids is 4. The molecule has 1 amide bonds. The van der Waals surface area contributed by atoms with E-state index in [1.165, 1.54) is 20.8 Å². The molecule has 204 valence electrons. The molecule has 2 aliphatic rings. The number of fused-ring (bicyclic) bond motifs is 3. The predicted molar refractivity (Wildman–Crippen MR) is 145 cm³/mol. The standard InChI is InChI=1S/C30H32N2O7/c1-14(2)18-9-7-8-10-19(18)32-22(35)11-12-31-16(4)23-20(34)13-21-30(6,29(23)38)25-27(37)15(3)26(36)24(17(5)33)28(25)39-21/h7-10,13-14,31,36-37H,11-12H2,1-6H3,(H,32,35)/b23-16+/t30-/m0/s1. The van der Waals surface area contributed by atoms with Crippen LogP contribution >= 0.6 is 0 Å². The molecular formula is C30H32N2O7. The van der Waals surface area contributed by atoms with Crippen LogP contribution in [-0.4, -0.2) is 40.0 Å². The molecule has 1 aliphatic heterocycles. The number of anilines is 1. The van der Waals surface area contributed by atoms with Gasteiger partial charge in [-0.25, -0.2) is 0 Å². The molecule has 2 aromatic carbocycles. The molecule has 0 spiro atoms. The van der Waals surface area contributed by atoms with Crippen LogP contribution in [0.4, 0.5) is 5.69 Å². The summed E-state index contributed by atoms with van der Waals surface area (Å²) in [5, 5.41) is 27.3. The maximum atomic E-state index is 13.8. The molecule has 0 saturated carbocycles. The average Bonchev–Trinajstić information content (AvgIpc) is 3.15. The highest BCUT2D eigenvalue weighted by Gasteiger charge is 2.56. The summed E-state index contributed by atoms with van der Waals surface area (Å²) >= 11 is 0. The second kappa shape index (κ2) is 10.1. The minimum atomic E-state index is -1.59. The lowest BCUT2D eigenvalue weighted by molar-refractivity contribution is -0.123. The number of para-hydroxylation sites is 1. The van der Waals surface area contributed by atoms with Crippen molar-refractivity contribution in [1.82, 2.24) is 5.32 Å². The molecule has 9 nitrogen and oxygen atoms in total. The molecule has 0 radical (unpaired) electrons. The topological polar surface area (TPSA) is 142 Å². The van der Waals surface area contributed by atoms with E-state index in [-0.39, 0.29) is 70.0 Å². The third-order valence-corrected chi connectivity index (χ3v) is 7.36. The van der Waals surface area contributed by atoms with Crippen molar-refractivity contribution in [1.29, 1.82) is 0 Å². The number of allylic oxidation sites excluding steroid dienone is 4. The largest absolute Gasteiger partial charge is 0.507 e. The molecule has 9 heteroatoms. The predicted octanol–water partition coefficient (Wildman–Crippen LogP) is 4.31. The van der Waals surface area contributed by atoms with Crippen molar-refractivity contribution in [2.75, 3.05) is 11.9 Å². The third-order valence-electron chi connectivity index (χ3n) is 7.36. The Hall–Kier alpha value is -4.40. The summed E-state index contributed by atoms with van der Waals surface area (Å²) < 4.78 is 5.77. The molecule has 2 aromatic rings. The lowest BCUT2D eigenvalue weighted by Crippen LogP contribution is -2.41. The Morgan fingerprint density at radius 3 is 2.38 bits per heavy atom. The Kier molecular flexibility index (Phi) is 7.12. The highest BCUT2D eigenvalue weighted by Crippen LogP contribution is 2.57. The molecule has 0 aromatic heterocycles. The van der Waals surface area contributed by atoms with Gasteiger partial charge in [0.25, 0.3) is 0 Å². The fourth-order valence-corrected chi connectivity index (χ4v) is 5.14. The van der Waals surface area contributed by atoms with E-state index < -0.39 is 28.5 Å². The van der Waals surface area contributed by atoms with Crippen LogP contribution in [-0.2, 0) is 19.8 Å². The van der Waals surface area contributed by atoms with Crippen LogP contribution in [0.15, 0.2) is 47.4 Å². The van der Waals surface area contributed by atoms with E-state index in [2.05, 4.69) is 10.6 Å². The first-order valence-corrected chi connectivity index (χ1v) is 12.7. The van der Waals surface area contributed by atoms with Crippen LogP contribution in [0.25, 0.3) is 0 Å². The van der Waals surface area contributed by atoms with E-state index in [9.17, 15) is 29.4 Å². The van der Waals surface area contributed by atoms with Gasteiger partial charge < -0.3 is 25.6 Å². The first-order valence-electron chi connectivity index (χ1n) is 12.7. The van der Waals surface area contributed by atoms with Gasteiger partial charge in [0.1, 0.15) is 34.0 Å². The summed E-state index contributed by atoms with van der Waals surface area (Å²) in [5.74, 6) is -2.73. The number of benzene rings is 2. The number of aromatic hydroxyl groups is 2. The smallest absolute Gasteiger partial charge is 0.226 e. The second-order valence-electron chi connectivity index (χ2n) is 10.4. The number of nitrogens with one attached hydrogen (secondary N) is 2. The molecular weight excluding hydrogens is 500 g/mol. The van der Waals surface area contributed by atoms with Crippen molar-refractivity contribution in [3.8, 4) is 17.2 Å². The summed E-state index contributed by atoms with van der Waals surface area (Å²) in [6, 6.07) is 7.56. The molecule has 4 rings (SSSR count). The van der Waals surface area contributed by atoms with E-state index in [0.29, 0.717) is 0 Å². The number of phenolic OH excluding ortho intramolecular Hbond substituents is 2. The molecule has 1 atom stereocenters. The van der Waals surface area contributed by atoms with Gasteiger partial charge >= 0.3 is 0 Å². The number of carbonyl (C=O) groups is 4. The molecule has 0 bridgehead atoms. The monoisotopic (exact) mass is 532 g/mol. The zero-order valence-electron chi connectivity index (χ0n) is 22.8. The van der Waals surface area contributed by atoms with Gasteiger partial charge in [-0.05, 0) is 45.2 Å². The van der Waals surface area contributed by atoms with E-state index in [0.717, 1.165) is 17.3 Å². The summed E-state index contributed by atoms with van der Waals surface area (Å²) in [6.07, 6.45) is 1.25. The second-order valence-corrected chi connectivity index (χ2v) is 10.4. The Bertz CT molecular complexity index is 1500. The van der Waals surface area contributed by atoms with Crippen molar-refractivity contribution in [3.05, 3.63) is 69.6 Å². The first-order chi connectivity index (χ1) is 18.3. The van der Waals surface area contributed by atoms with Gasteiger partial charge in [-0.15, -0.1) is 0 Å². The van der Waals surface area contributed by atoms with Crippen molar-refractivity contribution in [3.63, 3.8) is 0 Å². The summed E-state index contributed by atoms with van der Waals surface area (Å²) in [7, 11) is 0. The summed E-state index contributed by atoms with van der Waals surface area (Å²) in [5.41, 5.74) is 0.186. The van der Waals surface area contributed by atoms with E-state index in [1.54, 1.807) is 6.92 Å². The molecule has 39 heavy (non-hydrogen) atoms. The summed E-state index contributed by atoms with van der Waals surface area (Å²) in [4.78, 5) is 51.8. The van der Waals surface area contributed by atoms with Gasteiger partial charge in [0, 0.05) is 36.0 Å². The maximum absolute atomic E-state index is 13.8. The van der Waals surface area contributed by atoms with Gasteiger partial charge in [0.2, 0.25) is 5.91 Å². The summed E-state index contributed by atoms with van der Waals surface area (Å²) in [6.45, 7) is 9.98. The quantitative estimate of drug-likeness (QED) is 0.235. The normalized spacial score (nSPS) is 19.2. The van der Waals surface area contributed by atoms with Gasteiger partial charge in [0.05, 0.1) is 11.1 Å². The molecule has 0 saturated heterocycles. The van der Waals surface area contributed by atoms with Crippen LogP contribution in [0.1, 0.15) is 74.0 Å². The maximum Gasteiger partial charge on any atom is 0.226 e. The number of hydrogen-bond donors (Lipinski definition) is 4. The van der Waals surface area contributed by atoms with Crippen molar-refractivity contribution >= 4 is 28.9 Å². The van der Waals surface area contributed by atoms with Crippen LogP contribution in [0.2, 0.25) is 0 Å². The number of Topliss-reactive ketones (excluding diaryl/α,β-unsaturated/α-hetero) is 2. The van der Waals surface area contributed by atoms with Crippen LogP contribution in [0, 0.1) is 6.92 Å². The minimum absolute atomic E-state index is 0.0279. The fraction of sp³-hybridized carbons (Fsp3) is 0.333. The fourth-order valence-electron chi connectivity index (χ4n) is 5.14. The molecule has 1 aliphatic carbocycles. The van der Waals surface area contributed by atoms with Crippen LogP contribution in [0.5, 0.6) is 17.2 Å². The third kappa shape index (κ3) is 4.47. The molecule has 1 heterocycles. The van der Waals surface area contributed by atoms with Crippen LogP contribution in [0.3, 0.4) is 0 Å². The number of ketones is 3. The Morgan fingerprint density at radius 1 is 1.08 bits per heavy atom. The molecule has 4 N–H and O–H groups in total. The highest BCUT2D eigenvalue weighted by molar-refractivity contribution is 6.31. The van der Waals surface area contributed by atoms with E-state index in [1.807, 2.05) is 38.1 Å². The van der Waals surface area contributed by atoms with E-state index >= 15 is 0 Å². The zero-order valence-corrected chi connectivity index (χ0v) is 22.8. The minimum Gasteiger partial charge on any atom is -0.507 e. The number of phenols is 2. The number of ether oxygens (including phenoxy) is 1. The van der Waals surface area contributed by atoms with Gasteiger partial charge in [0.15, 0.2) is 17.3 Å². The lowest BCUT2D eigenvalue weighted by atomic mass is 9.70. The van der Waals surface area contributed by atoms with Crippen molar-refractivity contribution in [2.45, 2.75) is 59.3 Å². The van der Waals surface area contributed by atoms with Crippen molar-refractivity contribution < 1.29 is 34.1 Å². The highest BCUT2D eigenvalue weighted by atomic mass is 16.5. The SMILES string of the molecule is CC(=O)c1c(O)c(C)c(O)c2c1OC1=CC(=O)/C(=C(/C)NCCC(=O)Nc3ccccc3C(C)C)C(=O)[C@@]12C. The number of rotatable bonds is 7. The van der Waals surface area contributed by atoms with Crippen molar-refractivity contribution in [2.24, 2.45) is 0 Å². The molecule has 0 unspecified atom stereocenters. The lowest BCUT2D eigenvalue weighted by Gasteiger charge is -2.29. The van der Waals surface area contributed by atoms with Gasteiger partial charge in [-0.2, -0.15) is 0 Å². The van der Waals surface area contributed by atoms with Gasteiger partial charge in [-0.1, -0.05) is 32.0 Å². The van der Waals surface area contributed by atoms with Crippen LogP contribution < -0.4 is 15.4 Å².